The van der Waals surface area contributed by atoms with Crippen LogP contribution in [0, 0.1) is 0 Å². The average Bonchev–Trinajstić information content (AvgIpc) is 3.00. The number of amides is 1. The molecule has 2 heterocycles. The maximum atomic E-state index is 12.4. The van der Waals surface area contributed by atoms with Gasteiger partial charge in [-0.1, -0.05) is 0 Å². The second-order valence-corrected chi connectivity index (χ2v) is 4.76. The molecule has 96 valence electrons. The first-order chi connectivity index (χ1) is 8.69. The zero-order valence-corrected chi connectivity index (χ0v) is 10.3. The topological polar surface area (TPSA) is 64.8 Å². The van der Waals surface area contributed by atoms with Crippen LogP contribution in [0.4, 0.5) is 5.69 Å². The lowest BCUT2D eigenvalue weighted by atomic mass is 10.1. The highest BCUT2D eigenvalue weighted by Gasteiger charge is 2.41. The number of nitrogens with zero attached hydrogens (tertiary/aromatic N) is 1. The molecule has 3 rings (SSSR count). The molecule has 1 amide bonds. The Morgan fingerprint density at radius 3 is 3.00 bits per heavy atom. The number of hydrogen-bond donors (Lipinski definition) is 1. The molecule has 2 saturated heterocycles. The Bertz CT molecular complexity index is 489. The number of morpholine rings is 1. The van der Waals surface area contributed by atoms with Crippen LogP contribution in [0.5, 0.6) is 5.75 Å². The van der Waals surface area contributed by atoms with Crippen molar-refractivity contribution in [3.05, 3.63) is 23.8 Å². The monoisotopic (exact) mass is 248 g/mol. The molecule has 5 heteroatoms. The van der Waals surface area contributed by atoms with Crippen molar-refractivity contribution in [1.82, 2.24) is 4.90 Å². The van der Waals surface area contributed by atoms with Gasteiger partial charge in [0.1, 0.15) is 5.75 Å². The number of rotatable bonds is 2. The Kier molecular flexibility index (Phi) is 2.63. The molecule has 0 spiro atoms. The fraction of sp³-hybridized carbons (Fsp3) is 0.462. The Morgan fingerprint density at radius 1 is 1.56 bits per heavy atom. The number of benzene rings is 1. The van der Waals surface area contributed by atoms with Gasteiger partial charge in [0.25, 0.3) is 5.91 Å². The molecule has 2 unspecified atom stereocenters. The predicted octanol–water partition coefficient (Wildman–Crippen LogP) is 0.891. The van der Waals surface area contributed by atoms with Crippen LogP contribution in [0.2, 0.25) is 0 Å². The molecule has 0 saturated carbocycles. The van der Waals surface area contributed by atoms with Gasteiger partial charge >= 0.3 is 0 Å². The maximum absolute atomic E-state index is 12.4. The summed E-state index contributed by atoms with van der Waals surface area (Å²) in [5.74, 6) is 0.575. The molecule has 18 heavy (non-hydrogen) atoms. The van der Waals surface area contributed by atoms with E-state index in [9.17, 15) is 4.79 Å². The number of methoxy groups -OCH3 is 1. The van der Waals surface area contributed by atoms with E-state index in [-0.39, 0.29) is 18.1 Å². The molecule has 2 fully saturated rings. The summed E-state index contributed by atoms with van der Waals surface area (Å²) in [7, 11) is 1.55. The van der Waals surface area contributed by atoms with Crippen LogP contribution in [-0.2, 0) is 4.74 Å². The number of carbonyl (C=O) groups is 1. The minimum atomic E-state index is 0.0316. The third-order valence-electron chi connectivity index (χ3n) is 3.64. The molecule has 2 atom stereocenters. The molecule has 2 aliphatic heterocycles. The van der Waals surface area contributed by atoms with Crippen molar-refractivity contribution < 1.29 is 14.3 Å². The van der Waals surface area contributed by atoms with Crippen LogP contribution in [0.25, 0.3) is 0 Å². The first kappa shape index (κ1) is 11.3. The van der Waals surface area contributed by atoms with E-state index in [2.05, 4.69) is 0 Å². The van der Waals surface area contributed by atoms with Crippen LogP contribution in [0.3, 0.4) is 0 Å². The van der Waals surface area contributed by atoms with Crippen molar-refractivity contribution in [2.24, 2.45) is 0 Å². The number of nitrogen functional groups attached to an aromatic ring is 1. The van der Waals surface area contributed by atoms with Gasteiger partial charge in [-0.2, -0.15) is 0 Å². The molecule has 0 aromatic heterocycles. The lowest BCUT2D eigenvalue weighted by molar-refractivity contribution is 0.0259. The summed E-state index contributed by atoms with van der Waals surface area (Å²) < 4.78 is 10.6. The smallest absolute Gasteiger partial charge is 0.254 e. The van der Waals surface area contributed by atoms with E-state index in [0.717, 1.165) is 6.42 Å². The lowest BCUT2D eigenvalue weighted by Crippen LogP contribution is -2.41. The third-order valence-corrected chi connectivity index (χ3v) is 3.64. The largest absolute Gasteiger partial charge is 0.495 e. The zero-order valence-electron chi connectivity index (χ0n) is 10.3. The number of hydrogen-bond acceptors (Lipinski definition) is 4. The summed E-state index contributed by atoms with van der Waals surface area (Å²) in [4.78, 5) is 14.3. The van der Waals surface area contributed by atoms with Crippen molar-refractivity contribution in [1.29, 1.82) is 0 Å². The van der Waals surface area contributed by atoms with Gasteiger partial charge in [-0.25, -0.2) is 0 Å². The zero-order chi connectivity index (χ0) is 12.7. The van der Waals surface area contributed by atoms with Gasteiger partial charge in [0, 0.05) is 12.1 Å². The fourth-order valence-corrected chi connectivity index (χ4v) is 2.66. The Morgan fingerprint density at radius 2 is 2.39 bits per heavy atom. The van der Waals surface area contributed by atoms with E-state index in [1.165, 1.54) is 0 Å². The quantitative estimate of drug-likeness (QED) is 0.789. The molecule has 2 aliphatic rings. The maximum Gasteiger partial charge on any atom is 0.254 e. The molecule has 1 aromatic carbocycles. The Hall–Kier alpha value is -1.75. The average molecular weight is 248 g/mol. The summed E-state index contributed by atoms with van der Waals surface area (Å²) in [6.07, 6.45) is 1.17. The van der Waals surface area contributed by atoms with Crippen LogP contribution in [0.1, 0.15) is 16.8 Å². The van der Waals surface area contributed by atoms with Gasteiger partial charge in [-0.15, -0.1) is 0 Å². The molecule has 2 bridgehead atoms. The van der Waals surface area contributed by atoms with E-state index in [0.29, 0.717) is 30.2 Å². The molecular weight excluding hydrogens is 232 g/mol. The lowest BCUT2D eigenvalue weighted by Gasteiger charge is -2.27. The molecule has 5 nitrogen and oxygen atoms in total. The molecular formula is C13H16N2O3. The molecule has 2 N–H and O–H groups in total. The number of anilines is 1. The van der Waals surface area contributed by atoms with Gasteiger partial charge in [0.05, 0.1) is 31.5 Å². The molecule has 0 radical (unpaired) electrons. The van der Waals surface area contributed by atoms with Crippen LogP contribution in [-0.4, -0.2) is 43.2 Å². The van der Waals surface area contributed by atoms with Gasteiger partial charge < -0.3 is 20.1 Å². The Labute approximate surface area is 105 Å². The highest BCUT2D eigenvalue weighted by Crippen LogP contribution is 2.30. The van der Waals surface area contributed by atoms with Gasteiger partial charge in [-0.3, -0.25) is 4.79 Å². The summed E-state index contributed by atoms with van der Waals surface area (Å²) in [5.41, 5.74) is 6.91. The minimum Gasteiger partial charge on any atom is -0.495 e. The fourth-order valence-electron chi connectivity index (χ4n) is 2.66. The van der Waals surface area contributed by atoms with Gasteiger partial charge in [0.15, 0.2) is 0 Å². The number of ether oxygens (including phenoxy) is 2. The highest BCUT2D eigenvalue weighted by atomic mass is 16.5. The Balaban J connectivity index is 1.84. The number of likely N-dealkylation sites (tertiary alicyclic amines) is 1. The second kappa shape index (κ2) is 4.17. The summed E-state index contributed by atoms with van der Waals surface area (Å²) in [6, 6.07) is 5.38. The van der Waals surface area contributed by atoms with Gasteiger partial charge in [-0.05, 0) is 24.6 Å². The minimum absolute atomic E-state index is 0.0316. The van der Waals surface area contributed by atoms with E-state index >= 15 is 0 Å². The van der Waals surface area contributed by atoms with Crippen LogP contribution in [0.15, 0.2) is 18.2 Å². The number of nitrogens with two attached hydrogens (primary N) is 1. The second-order valence-electron chi connectivity index (χ2n) is 4.76. The molecule has 1 aromatic rings. The SMILES string of the molecule is COc1cc(C(=O)N2CC3CC2CO3)ccc1N. The van der Waals surface area contributed by atoms with Crippen molar-refractivity contribution in [2.45, 2.75) is 18.6 Å². The third kappa shape index (κ3) is 1.71. The molecule has 0 aliphatic carbocycles. The van der Waals surface area contributed by atoms with Crippen LogP contribution < -0.4 is 10.5 Å². The summed E-state index contributed by atoms with van der Waals surface area (Å²) in [6.45, 7) is 1.35. The van der Waals surface area contributed by atoms with Crippen LogP contribution >= 0.6 is 0 Å². The first-order valence-electron chi connectivity index (χ1n) is 6.05. The normalized spacial score (nSPS) is 25.5. The van der Waals surface area contributed by atoms with Crippen molar-refractivity contribution in [2.75, 3.05) is 26.0 Å². The number of fused-ring (bicyclic) bond motifs is 2. The van der Waals surface area contributed by atoms with E-state index in [1.54, 1.807) is 25.3 Å². The van der Waals surface area contributed by atoms with E-state index in [4.69, 9.17) is 15.2 Å². The van der Waals surface area contributed by atoms with E-state index in [1.807, 2.05) is 4.90 Å². The van der Waals surface area contributed by atoms with Crippen molar-refractivity contribution in [3.63, 3.8) is 0 Å². The van der Waals surface area contributed by atoms with Gasteiger partial charge in [0.2, 0.25) is 0 Å². The number of carbonyl (C=O) groups excluding carboxylic acids is 1. The van der Waals surface area contributed by atoms with Crippen molar-refractivity contribution in [3.8, 4) is 5.75 Å². The van der Waals surface area contributed by atoms with E-state index < -0.39 is 0 Å². The summed E-state index contributed by atoms with van der Waals surface area (Å²) in [5, 5.41) is 0. The first-order valence-corrected chi connectivity index (χ1v) is 6.05. The standard InChI is InChI=1S/C13H16N2O3/c1-17-12-4-8(2-3-11(12)14)13(16)15-6-10-5-9(15)7-18-10/h2-4,9-10H,5-7,14H2,1H3. The summed E-state index contributed by atoms with van der Waals surface area (Å²) >= 11 is 0. The highest BCUT2D eigenvalue weighted by molar-refractivity contribution is 5.95. The van der Waals surface area contributed by atoms with Crippen molar-refractivity contribution >= 4 is 11.6 Å². The predicted molar refractivity (Wildman–Crippen MR) is 66.6 cm³/mol.